The third-order valence-corrected chi connectivity index (χ3v) is 2.28. The summed E-state index contributed by atoms with van der Waals surface area (Å²) in [5, 5.41) is 3.29. The third kappa shape index (κ3) is 8.60. The molecule has 0 bridgehead atoms. The Morgan fingerprint density at radius 1 is 1.33 bits per heavy atom. The second-order valence-electron chi connectivity index (χ2n) is 3.60. The molecule has 0 aliphatic heterocycles. The van der Waals surface area contributed by atoms with E-state index in [1.807, 2.05) is 6.92 Å². The van der Waals surface area contributed by atoms with Crippen LogP contribution in [0.15, 0.2) is 12.2 Å². The maximum absolute atomic E-state index is 5.34. The fraction of sp³-hybridized carbons (Fsp3) is 0.833. The molecule has 0 aromatic rings. The molecule has 90 valence electrons. The molecule has 15 heavy (non-hydrogen) atoms. The first-order chi connectivity index (χ1) is 7.24. The standard InChI is InChI=1S/C12H26N2O/c1-5-13-10-12(4)11-14(6-2)8-9-15-7-3/h13H,4-11H2,1-3H3. The Morgan fingerprint density at radius 2 is 2.07 bits per heavy atom. The summed E-state index contributed by atoms with van der Waals surface area (Å²) in [7, 11) is 0. The number of hydrogen-bond acceptors (Lipinski definition) is 3. The van der Waals surface area contributed by atoms with Gasteiger partial charge in [-0.15, -0.1) is 0 Å². The van der Waals surface area contributed by atoms with Crippen LogP contribution < -0.4 is 5.32 Å². The highest BCUT2D eigenvalue weighted by molar-refractivity contribution is 4.99. The molecule has 3 nitrogen and oxygen atoms in total. The lowest BCUT2D eigenvalue weighted by Gasteiger charge is -2.21. The van der Waals surface area contributed by atoms with Crippen molar-refractivity contribution in [3.63, 3.8) is 0 Å². The van der Waals surface area contributed by atoms with Crippen LogP contribution in [0.2, 0.25) is 0 Å². The van der Waals surface area contributed by atoms with Crippen molar-refractivity contribution in [1.82, 2.24) is 10.2 Å². The number of likely N-dealkylation sites (N-methyl/N-ethyl adjacent to an activating group) is 2. The van der Waals surface area contributed by atoms with Gasteiger partial charge in [-0.25, -0.2) is 0 Å². The van der Waals surface area contributed by atoms with E-state index in [0.717, 1.165) is 45.9 Å². The van der Waals surface area contributed by atoms with Crippen molar-refractivity contribution in [2.75, 3.05) is 45.9 Å². The van der Waals surface area contributed by atoms with Crippen LogP contribution in [0.25, 0.3) is 0 Å². The van der Waals surface area contributed by atoms with Crippen molar-refractivity contribution in [3.05, 3.63) is 12.2 Å². The van der Waals surface area contributed by atoms with E-state index in [2.05, 4.69) is 30.6 Å². The minimum atomic E-state index is 0.801. The second kappa shape index (κ2) is 10.1. The molecule has 0 aliphatic carbocycles. The molecule has 0 radical (unpaired) electrons. The van der Waals surface area contributed by atoms with Crippen molar-refractivity contribution in [3.8, 4) is 0 Å². The molecular weight excluding hydrogens is 188 g/mol. The molecule has 3 heteroatoms. The zero-order valence-corrected chi connectivity index (χ0v) is 10.5. The SMILES string of the molecule is C=C(CNCC)CN(CC)CCOCC. The van der Waals surface area contributed by atoms with E-state index in [0.29, 0.717) is 0 Å². The van der Waals surface area contributed by atoms with Crippen LogP contribution in [-0.2, 0) is 4.74 Å². The third-order valence-electron chi connectivity index (χ3n) is 2.28. The maximum Gasteiger partial charge on any atom is 0.0593 e. The average Bonchev–Trinajstić information content (AvgIpc) is 2.25. The molecule has 0 fully saturated rings. The van der Waals surface area contributed by atoms with Crippen molar-refractivity contribution < 1.29 is 4.74 Å². The Bertz CT molecular complexity index is 160. The van der Waals surface area contributed by atoms with Crippen molar-refractivity contribution >= 4 is 0 Å². The average molecular weight is 214 g/mol. The molecule has 0 atom stereocenters. The number of ether oxygens (including phenoxy) is 1. The van der Waals surface area contributed by atoms with Crippen LogP contribution in [0.1, 0.15) is 20.8 Å². The van der Waals surface area contributed by atoms with Crippen LogP contribution in [0.3, 0.4) is 0 Å². The molecule has 0 unspecified atom stereocenters. The van der Waals surface area contributed by atoms with E-state index in [1.165, 1.54) is 5.57 Å². The molecule has 0 aromatic carbocycles. The van der Waals surface area contributed by atoms with Gasteiger partial charge in [0.2, 0.25) is 0 Å². The summed E-state index contributed by atoms with van der Waals surface area (Å²) in [5.41, 5.74) is 1.25. The number of rotatable bonds is 10. The normalized spacial score (nSPS) is 10.9. The van der Waals surface area contributed by atoms with Gasteiger partial charge in [-0.1, -0.05) is 20.4 Å². The topological polar surface area (TPSA) is 24.5 Å². The van der Waals surface area contributed by atoms with E-state index in [-0.39, 0.29) is 0 Å². The summed E-state index contributed by atoms with van der Waals surface area (Å²) in [6.45, 7) is 16.9. The van der Waals surface area contributed by atoms with E-state index in [1.54, 1.807) is 0 Å². The first-order valence-corrected chi connectivity index (χ1v) is 5.92. The Kier molecular flexibility index (Phi) is 9.89. The van der Waals surface area contributed by atoms with Crippen LogP contribution >= 0.6 is 0 Å². The quantitative estimate of drug-likeness (QED) is 0.441. The van der Waals surface area contributed by atoms with Gasteiger partial charge in [-0.2, -0.15) is 0 Å². The lowest BCUT2D eigenvalue weighted by atomic mass is 10.2. The molecule has 0 aliphatic rings. The van der Waals surface area contributed by atoms with Gasteiger partial charge < -0.3 is 10.1 Å². The molecule has 1 N–H and O–H groups in total. The summed E-state index contributed by atoms with van der Waals surface area (Å²) in [6.07, 6.45) is 0. The first-order valence-electron chi connectivity index (χ1n) is 5.92. The van der Waals surface area contributed by atoms with Crippen molar-refractivity contribution in [2.45, 2.75) is 20.8 Å². The predicted octanol–water partition coefficient (Wildman–Crippen LogP) is 1.51. The predicted molar refractivity (Wildman–Crippen MR) is 66.3 cm³/mol. The highest BCUT2D eigenvalue weighted by Crippen LogP contribution is 1.96. The summed E-state index contributed by atoms with van der Waals surface area (Å²) in [4.78, 5) is 2.36. The molecule has 0 heterocycles. The molecule has 0 rings (SSSR count). The largest absolute Gasteiger partial charge is 0.380 e. The van der Waals surface area contributed by atoms with Crippen LogP contribution in [0.4, 0.5) is 0 Å². The molecule has 0 amide bonds. The Balaban J connectivity index is 3.62. The summed E-state index contributed by atoms with van der Waals surface area (Å²) in [6, 6.07) is 0. The van der Waals surface area contributed by atoms with Gasteiger partial charge >= 0.3 is 0 Å². The fourth-order valence-corrected chi connectivity index (χ4v) is 1.36. The molecule has 0 spiro atoms. The Morgan fingerprint density at radius 3 is 2.60 bits per heavy atom. The zero-order chi connectivity index (χ0) is 11.5. The fourth-order valence-electron chi connectivity index (χ4n) is 1.36. The summed E-state index contributed by atoms with van der Waals surface area (Å²) in [5.74, 6) is 0. The molecular formula is C12H26N2O. The van der Waals surface area contributed by atoms with Gasteiger partial charge in [0.15, 0.2) is 0 Å². The van der Waals surface area contributed by atoms with Gasteiger partial charge in [-0.05, 0) is 25.6 Å². The monoisotopic (exact) mass is 214 g/mol. The van der Waals surface area contributed by atoms with E-state index in [9.17, 15) is 0 Å². The maximum atomic E-state index is 5.34. The lowest BCUT2D eigenvalue weighted by molar-refractivity contribution is 0.118. The van der Waals surface area contributed by atoms with Crippen molar-refractivity contribution in [2.24, 2.45) is 0 Å². The zero-order valence-electron chi connectivity index (χ0n) is 10.5. The van der Waals surface area contributed by atoms with Gasteiger partial charge in [0.05, 0.1) is 6.61 Å². The molecule has 0 saturated carbocycles. The number of nitrogens with one attached hydrogen (secondary N) is 1. The Labute approximate surface area is 94.5 Å². The smallest absolute Gasteiger partial charge is 0.0593 e. The van der Waals surface area contributed by atoms with Crippen LogP contribution in [-0.4, -0.2) is 50.8 Å². The van der Waals surface area contributed by atoms with Gasteiger partial charge in [0, 0.05) is 26.2 Å². The van der Waals surface area contributed by atoms with Gasteiger partial charge in [0.25, 0.3) is 0 Å². The first kappa shape index (κ1) is 14.6. The minimum Gasteiger partial charge on any atom is -0.380 e. The minimum absolute atomic E-state index is 0.801. The highest BCUT2D eigenvalue weighted by Gasteiger charge is 2.03. The van der Waals surface area contributed by atoms with Gasteiger partial charge in [0.1, 0.15) is 0 Å². The van der Waals surface area contributed by atoms with Crippen LogP contribution in [0, 0.1) is 0 Å². The second-order valence-corrected chi connectivity index (χ2v) is 3.60. The lowest BCUT2D eigenvalue weighted by Crippen LogP contribution is -2.31. The number of nitrogens with zero attached hydrogens (tertiary/aromatic N) is 1. The van der Waals surface area contributed by atoms with Crippen LogP contribution in [0.5, 0.6) is 0 Å². The molecule has 0 aromatic heterocycles. The van der Waals surface area contributed by atoms with E-state index in [4.69, 9.17) is 4.74 Å². The van der Waals surface area contributed by atoms with E-state index >= 15 is 0 Å². The van der Waals surface area contributed by atoms with Gasteiger partial charge in [-0.3, -0.25) is 4.90 Å². The summed E-state index contributed by atoms with van der Waals surface area (Å²) >= 11 is 0. The van der Waals surface area contributed by atoms with Crippen molar-refractivity contribution in [1.29, 1.82) is 0 Å². The highest BCUT2D eigenvalue weighted by atomic mass is 16.5. The Hall–Kier alpha value is -0.380. The summed E-state index contributed by atoms with van der Waals surface area (Å²) < 4.78 is 5.34. The number of hydrogen-bond donors (Lipinski definition) is 1. The van der Waals surface area contributed by atoms with E-state index < -0.39 is 0 Å². The molecule has 0 saturated heterocycles.